The van der Waals surface area contributed by atoms with Crippen molar-refractivity contribution < 1.29 is 4.79 Å². The molecule has 0 atom stereocenters. The Hall–Kier alpha value is -1.28. The number of aromatic nitrogens is 1. The third-order valence-electron chi connectivity index (χ3n) is 4.19. The summed E-state index contributed by atoms with van der Waals surface area (Å²) in [5.74, 6) is 0.0661. The summed E-state index contributed by atoms with van der Waals surface area (Å²) in [6, 6.07) is 4.08. The number of likely N-dealkylation sites (N-methyl/N-ethyl adjacent to an activating group) is 1. The predicted octanol–water partition coefficient (Wildman–Crippen LogP) is 2.17. The van der Waals surface area contributed by atoms with Crippen molar-refractivity contribution in [2.24, 2.45) is 0 Å². The normalized spacial score (nSPS) is 16.4. The van der Waals surface area contributed by atoms with Gasteiger partial charge in [0.25, 0.3) is 0 Å². The fourth-order valence-electron chi connectivity index (χ4n) is 2.73. The van der Waals surface area contributed by atoms with Crippen molar-refractivity contribution in [2.75, 3.05) is 46.3 Å². The van der Waals surface area contributed by atoms with Crippen LogP contribution in [0.2, 0.25) is 0 Å². The van der Waals surface area contributed by atoms with Crippen LogP contribution in [0.15, 0.2) is 22.9 Å². The minimum absolute atomic E-state index is 0.0661. The number of rotatable bonds is 7. The number of amides is 1. The molecule has 0 radical (unpaired) electrons. The van der Waals surface area contributed by atoms with Gasteiger partial charge in [0.15, 0.2) is 0 Å². The van der Waals surface area contributed by atoms with E-state index in [2.05, 4.69) is 33.2 Å². The van der Waals surface area contributed by atoms with Crippen LogP contribution in [0.5, 0.6) is 0 Å². The van der Waals surface area contributed by atoms with Crippen LogP contribution in [0.3, 0.4) is 0 Å². The maximum Gasteiger partial charge on any atom is 0.226 e. The van der Waals surface area contributed by atoms with Gasteiger partial charge in [0, 0.05) is 38.1 Å². The number of nitrogens with zero attached hydrogens (tertiary/aromatic N) is 3. The third-order valence-corrected chi connectivity index (χ3v) is 6.12. The molecule has 1 aliphatic rings. The second kappa shape index (κ2) is 8.71. The van der Waals surface area contributed by atoms with Crippen LogP contribution in [0, 0.1) is 0 Å². The molecular formula is C17H24N4OS2. The molecule has 3 rings (SSSR count). The molecule has 7 heteroatoms. The molecular weight excluding hydrogens is 340 g/mol. The second-order valence-corrected chi connectivity index (χ2v) is 7.95. The molecule has 1 amide bonds. The zero-order chi connectivity index (χ0) is 16.8. The van der Waals surface area contributed by atoms with Gasteiger partial charge in [-0.25, -0.2) is 4.98 Å². The van der Waals surface area contributed by atoms with E-state index < -0.39 is 0 Å². The molecule has 0 aromatic carbocycles. The fraction of sp³-hybridized carbons (Fsp3) is 0.529. The minimum atomic E-state index is 0.0661. The zero-order valence-electron chi connectivity index (χ0n) is 14.0. The summed E-state index contributed by atoms with van der Waals surface area (Å²) in [6.07, 6.45) is 1.38. The van der Waals surface area contributed by atoms with Gasteiger partial charge in [-0.1, -0.05) is 6.07 Å². The first-order valence-corrected chi connectivity index (χ1v) is 10.1. The standard InChI is InChI=1S/C17H24N4OS2/c1-20-7-9-21(10-8-20)6-3-5-18-16(22)12-14-13-24-17(19-14)15-4-2-11-23-15/h2,4,11,13H,3,5-10,12H2,1H3,(H,18,22). The zero-order valence-corrected chi connectivity index (χ0v) is 15.7. The van der Waals surface area contributed by atoms with Crippen molar-refractivity contribution in [3.05, 3.63) is 28.6 Å². The molecule has 1 fully saturated rings. The maximum atomic E-state index is 12.0. The highest BCUT2D eigenvalue weighted by Gasteiger charge is 2.13. The molecule has 0 unspecified atom stereocenters. The summed E-state index contributed by atoms with van der Waals surface area (Å²) in [4.78, 5) is 22.6. The Bertz CT molecular complexity index is 633. The lowest BCUT2D eigenvalue weighted by molar-refractivity contribution is -0.120. The highest BCUT2D eigenvalue weighted by atomic mass is 32.1. The van der Waals surface area contributed by atoms with E-state index in [1.807, 2.05) is 16.8 Å². The van der Waals surface area contributed by atoms with Crippen LogP contribution in [0.4, 0.5) is 0 Å². The van der Waals surface area contributed by atoms with Crippen LogP contribution in [0.25, 0.3) is 9.88 Å². The summed E-state index contributed by atoms with van der Waals surface area (Å²) < 4.78 is 0. The van der Waals surface area contributed by atoms with Gasteiger partial charge in [-0.05, 0) is 31.5 Å². The lowest BCUT2D eigenvalue weighted by Crippen LogP contribution is -2.45. The Labute approximate surface area is 151 Å². The van der Waals surface area contributed by atoms with E-state index in [9.17, 15) is 4.79 Å². The molecule has 24 heavy (non-hydrogen) atoms. The van der Waals surface area contributed by atoms with Crippen molar-refractivity contribution >= 4 is 28.6 Å². The highest BCUT2D eigenvalue weighted by Crippen LogP contribution is 2.27. The lowest BCUT2D eigenvalue weighted by atomic mass is 10.3. The van der Waals surface area contributed by atoms with E-state index in [4.69, 9.17) is 0 Å². The van der Waals surface area contributed by atoms with E-state index in [1.54, 1.807) is 22.7 Å². The fourth-order valence-corrected chi connectivity index (χ4v) is 4.36. The summed E-state index contributed by atoms with van der Waals surface area (Å²) in [5.41, 5.74) is 0.861. The summed E-state index contributed by atoms with van der Waals surface area (Å²) in [5, 5.41) is 8.05. The molecule has 2 aromatic rings. The Morgan fingerprint density at radius 2 is 2.12 bits per heavy atom. The molecule has 5 nitrogen and oxygen atoms in total. The number of piperazine rings is 1. The van der Waals surface area contributed by atoms with Crippen LogP contribution in [-0.4, -0.2) is 67.0 Å². The molecule has 0 aliphatic carbocycles. The second-order valence-electron chi connectivity index (χ2n) is 6.15. The first-order chi connectivity index (χ1) is 11.7. The van der Waals surface area contributed by atoms with Gasteiger partial charge < -0.3 is 15.1 Å². The van der Waals surface area contributed by atoms with E-state index in [0.717, 1.165) is 56.4 Å². The first kappa shape index (κ1) is 17.5. The number of hydrogen-bond donors (Lipinski definition) is 1. The molecule has 130 valence electrons. The van der Waals surface area contributed by atoms with Crippen molar-refractivity contribution in [3.8, 4) is 9.88 Å². The number of nitrogens with one attached hydrogen (secondary N) is 1. The molecule has 3 heterocycles. The van der Waals surface area contributed by atoms with Gasteiger partial charge >= 0.3 is 0 Å². The van der Waals surface area contributed by atoms with E-state index >= 15 is 0 Å². The minimum Gasteiger partial charge on any atom is -0.356 e. The van der Waals surface area contributed by atoms with Crippen molar-refractivity contribution in [2.45, 2.75) is 12.8 Å². The molecule has 0 saturated carbocycles. The number of thiophene rings is 1. The SMILES string of the molecule is CN1CCN(CCCNC(=O)Cc2csc(-c3cccs3)n2)CC1. The van der Waals surface area contributed by atoms with E-state index in [1.165, 1.54) is 4.88 Å². The van der Waals surface area contributed by atoms with Crippen molar-refractivity contribution in [1.82, 2.24) is 20.1 Å². The Balaban J connectivity index is 1.34. The molecule has 2 aromatic heterocycles. The maximum absolute atomic E-state index is 12.0. The van der Waals surface area contributed by atoms with Crippen molar-refractivity contribution in [3.63, 3.8) is 0 Å². The number of carbonyl (C=O) groups excluding carboxylic acids is 1. The quantitative estimate of drug-likeness (QED) is 0.765. The molecule has 1 N–H and O–H groups in total. The lowest BCUT2D eigenvalue weighted by Gasteiger charge is -2.32. The van der Waals surface area contributed by atoms with Crippen molar-refractivity contribution in [1.29, 1.82) is 0 Å². The van der Waals surface area contributed by atoms with Gasteiger partial charge in [0.1, 0.15) is 5.01 Å². The average Bonchev–Trinajstić information content (AvgIpc) is 3.24. The summed E-state index contributed by atoms with van der Waals surface area (Å²) in [7, 11) is 2.17. The molecule has 1 saturated heterocycles. The average molecular weight is 365 g/mol. The van der Waals surface area contributed by atoms with Gasteiger partial charge in [-0.2, -0.15) is 0 Å². The topological polar surface area (TPSA) is 48.5 Å². The van der Waals surface area contributed by atoms with Gasteiger partial charge in [0.2, 0.25) is 5.91 Å². The number of thiazole rings is 1. The molecule has 1 aliphatic heterocycles. The van der Waals surface area contributed by atoms with Gasteiger partial charge in [0.05, 0.1) is 17.0 Å². The summed E-state index contributed by atoms with van der Waals surface area (Å²) >= 11 is 3.28. The monoisotopic (exact) mass is 364 g/mol. The number of hydrogen-bond acceptors (Lipinski definition) is 6. The highest BCUT2D eigenvalue weighted by molar-refractivity contribution is 7.20. The third kappa shape index (κ3) is 5.11. The van der Waals surface area contributed by atoms with Crippen LogP contribution < -0.4 is 5.32 Å². The molecule has 0 spiro atoms. The predicted molar refractivity (Wildman–Crippen MR) is 101 cm³/mol. The Morgan fingerprint density at radius 3 is 2.88 bits per heavy atom. The van der Waals surface area contributed by atoms with Crippen LogP contribution >= 0.6 is 22.7 Å². The Kier molecular flexibility index (Phi) is 6.37. The van der Waals surface area contributed by atoms with Gasteiger partial charge in [-0.3, -0.25) is 4.79 Å². The Morgan fingerprint density at radius 1 is 1.29 bits per heavy atom. The van der Waals surface area contributed by atoms with Gasteiger partial charge in [-0.15, -0.1) is 22.7 Å². The first-order valence-electron chi connectivity index (χ1n) is 8.36. The largest absolute Gasteiger partial charge is 0.356 e. The van der Waals surface area contributed by atoms with E-state index in [-0.39, 0.29) is 5.91 Å². The molecule has 0 bridgehead atoms. The summed E-state index contributed by atoms with van der Waals surface area (Å²) in [6.45, 7) is 6.36. The van der Waals surface area contributed by atoms with Crippen LogP contribution in [-0.2, 0) is 11.2 Å². The van der Waals surface area contributed by atoms with E-state index in [0.29, 0.717) is 6.42 Å². The smallest absolute Gasteiger partial charge is 0.226 e. The van der Waals surface area contributed by atoms with Crippen LogP contribution in [0.1, 0.15) is 12.1 Å². The number of carbonyl (C=O) groups is 1.